The molecule has 0 radical (unpaired) electrons. The smallest absolute Gasteiger partial charge is 0.317 e. The number of carbonyl (C=O) groups excluding carboxylic acids is 3. The van der Waals surface area contributed by atoms with Gasteiger partial charge in [-0.15, -0.1) is 0 Å². The lowest BCUT2D eigenvalue weighted by molar-refractivity contribution is -0.146. The molecule has 2 fully saturated rings. The Morgan fingerprint density at radius 1 is 0.761 bits per heavy atom. The van der Waals surface area contributed by atoms with E-state index in [1.54, 1.807) is 35.2 Å². The second kappa shape index (κ2) is 22.6. The topological polar surface area (TPSA) is 174 Å². The van der Waals surface area contributed by atoms with E-state index in [0.717, 1.165) is 49.2 Å². The highest BCUT2D eigenvalue weighted by Crippen LogP contribution is 2.31. The molecule has 67 heavy (non-hydrogen) atoms. The Kier molecular flexibility index (Phi) is 15.8. The van der Waals surface area contributed by atoms with Crippen LogP contribution in [0.25, 0.3) is 10.9 Å². The van der Waals surface area contributed by atoms with Gasteiger partial charge < -0.3 is 40.2 Å². The van der Waals surface area contributed by atoms with Crippen LogP contribution in [0.2, 0.25) is 0 Å². The summed E-state index contributed by atoms with van der Waals surface area (Å²) in [5.41, 5.74) is 5.01. The van der Waals surface area contributed by atoms with Crippen LogP contribution >= 0.6 is 0 Å². The van der Waals surface area contributed by atoms with Crippen molar-refractivity contribution < 1.29 is 34.1 Å². The number of phenolic OH excluding ortho intramolecular Hbond substituents is 1. The van der Waals surface area contributed by atoms with Gasteiger partial charge >= 0.3 is 5.97 Å². The quantitative estimate of drug-likeness (QED) is 0.0475. The van der Waals surface area contributed by atoms with Gasteiger partial charge in [-0.3, -0.25) is 24.1 Å². The van der Waals surface area contributed by atoms with Crippen molar-refractivity contribution in [2.75, 3.05) is 52.5 Å². The normalized spacial score (nSPS) is 15.7. The first kappa shape index (κ1) is 46.7. The minimum absolute atomic E-state index is 0.0554. The summed E-state index contributed by atoms with van der Waals surface area (Å²) in [6, 6.07) is 40.9. The van der Waals surface area contributed by atoms with E-state index in [4.69, 9.17) is 9.47 Å². The lowest BCUT2D eigenvalue weighted by Gasteiger charge is -2.32. The summed E-state index contributed by atoms with van der Waals surface area (Å²) >= 11 is 0. The Labute approximate surface area is 390 Å². The Balaban J connectivity index is 0.753. The van der Waals surface area contributed by atoms with Crippen LogP contribution in [0.15, 0.2) is 138 Å². The highest BCUT2D eigenvalue weighted by Gasteiger charge is 2.28. The molecule has 0 bridgehead atoms. The number of ether oxygens (including phenoxy) is 2. The summed E-state index contributed by atoms with van der Waals surface area (Å²) in [6.45, 7) is 4.94. The molecule has 2 aliphatic rings. The molecule has 8 rings (SSSR count). The first-order valence-corrected chi connectivity index (χ1v) is 23.3. The van der Waals surface area contributed by atoms with Gasteiger partial charge in [0.05, 0.1) is 18.2 Å². The van der Waals surface area contributed by atoms with Crippen LogP contribution in [-0.2, 0) is 27.3 Å². The minimum atomic E-state index is -0.851. The third-order valence-corrected chi connectivity index (χ3v) is 12.9. The second-order valence-corrected chi connectivity index (χ2v) is 17.6. The molecule has 13 nitrogen and oxygen atoms in total. The molecule has 0 spiro atoms. The number of likely N-dealkylation sites (tertiary alicyclic amines) is 2. The third kappa shape index (κ3) is 12.6. The number of fused-ring (bicyclic) bond motifs is 1. The van der Waals surface area contributed by atoms with Crippen molar-refractivity contribution in [3.8, 4) is 11.5 Å². The largest absolute Gasteiger partial charge is 0.506 e. The predicted octanol–water partition coefficient (Wildman–Crippen LogP) is 6.49. The summed E-state index contributed by atoms with van der Waals surface area (Å²) in [5.74, 6) is -0.512. The van der Waals surface area contributed by atoms with E-state index in [0.29, 0.717) is 79.2 Å². The minimum Gasteiger partial charge on any atom is -0.506 e. The summed E-state index contributed by atoms with van der Waals surface area (Å²) < 4.78 is 12.1. The molecule has 6 aromatic rings. The number of pyridine rings is 1. The number of aliphatic hydroxyl groups is 1. The van der Waals surface area contributed by atoms with Crippen molar-refractivity contribution in [2.45, 2.75) is 56.7 Å². The zero-order chi connectivity index (χ0) is 46.5. The van der Waals surface area contributed by atoms with Crippen LogP contribution in [0.4, 0.5) is 0 Å². The van der Waals surface area contributed by atoms with E-state index < -0.39 is 12.0 Å². The molecule has 1 aromatic heterocycles. The number of rotatable bonds is 18. The number of nitrogens with zero attached hydrogens (tertiary/aromatic N) is 2. The monoisotopic (exact) mass is 905 g/mol. The molecular weight excluding hydrogens is 847 g/mol. The fourth-order valence-corrected chi connectivity index (χ4v) is 9.06. The van der Waals surface area contributed by atoms with Gasteiger partial charge in [-0.1, -0.05) is 91.0 Å². The van der Waals surface area contributed by atoms with Gasteiger partial charge in [-0.25, -0.2) is 0 Å². The van der Waals surface area contributed by atoms with Crippen molar-refractivity contribution in [2.24, 2.45) is 5.92 Å². The molecule has 2 unspecified atom stereocenters. The SMILES string of the molecule is O=C(NC1CCN(C(=O)COc2cccc(C(C(=O)OCC3CCN(Cc4ccccc4)CC3)c3ccccc3)c2)CC1)c1ccc(CCNCC(O)c2ccc(O)c3[nH]c(=O)ccc23)cc1. The molecule has 2 aliphatic heterocycles. The standard InChI is InChI=1S/C54H59N5O8/c60-47-20-18-45(46-19-21-49(62)57-52(46)47)48(61)33-55-27-22-37-14-16-41(17-15-37)53(64)56-43-25-30-59(31-26-43)50(63)36-66-44-13-7-12-42(32-44)51(40-10-5-2-6-11-40)54(65)67-35-39-23-28-58(29-24-39)34-38-8-3-1-4-9-38/h1-21,32,39,43,48,51,55,60-61H,22-31,33-36H2,(H,56,64)(H,57,62). The Morgan fingerprint density at radius 3 is 2.22 bits per heavy atom. The number of piperidine rings is 2. The first-order chi connectivity index (χ1) is 32.7. The van der Waals surface area contributed by atoms with Crippen LogP contribution in [0.1, 0.15) is 75.9 Å². The molecule has 2 saturated heterocycles. The van der Waals surface area contributed by atoms with Gasteiger partial charge in [0.25, 0.3) is 11.8 Å². The molecule has 348 valence electrons. The highest BCUT2D eigenvalue weighted by atomic mass is 16.5. The molecule has 0 aliphatic carbocycles. The molecule has 5 aromatic carbocycles. The average molecular weight is 906 g/mol. The van der Waals surface area contributed by atoms with Gasteiger partial charge in [-0.2, -0.15) is 0 Å². The van der Waals surface area contributed by atoms with E-state index in [9.17, 15) is 29.4 Å². The van der Waals surface area contributed by atoms with Crippen LogP contribution in [0.5, 0.6) is 11.5 Å². The Morgan fingerprint density at radius 2 is 1.48 bits per heavy atom. The molecule has 3 heterocycles. The van der Waals surface area contributed by atoms with Crippen LogP contribution in [-0.4, -0.2) is 101 Å². The maximum atomic E-state index is 13.8. The molecular formula is C54H59N5O8. The first-order valence-electron chi connectivity index (χ1n) is 23.3. The van der Waals surface area contributed by atoms with Crippen molar-refractivity contribution in [1.82, 2.24) is 25.4 Å². The lowest BCUT2D eigenvalue weighted by Crippen LogP contribution is -2.47. The van der Waals surface area contributed by atoms with Crippen LogP contribution in [0, 0.1) is 5.92 Å². The van der Waals surface area contributed by atoms with Crippen molar-refractivity contribution in [1.29, 1.82) is 0 Å². The summed E-state index contributed by atoms with van der Waals surface area (Å²) in [5, 5.41) is 27.9. The lowest BCUT2D eigenvalue weighted by atomic mass is 9.91. The van der Waals surface area contributed by atoms with E-state index in [2.05, 4.69) is 44.8 Å². The number of hydrogen-bond acceptors (Lipinski definition) is 10. The van der Waals surface area contributed by atoms with Gasteiger partial charge in [0.15, 0.2) is 6.61 Å². The number of aromatic hydroxyl groups is 1. The molecule has 2 atom stereocenters. The zero-order valence-corrected chi connectivity index (χ0v) is 37.6. The number of esters is 1. The summed E-state index contributed by atoms with van der Waals surface area (Å²) in [6.07, 6.45) is 3.01. The number of carbonyl (C=O) groups is 3. The highest BCUT2D eigenvalue weighted by molar-refractivity contribution is 5.94. The average Bonchev–Trinajstić information content (AvgIpc) is 3.36. The van der Waals surface area contributed by atoms with Gasteiger partial charge in [0.2, 0.25) is 5.56 Å². The maximum absolute atomic E-state index is 13.8. The Bertz CT molecular complexity index is 2640. The summed E-state index contributed by atoms with van der Waals surface area (Å²) in [4.78, 5) is 58.9. The number of amides is 2. The molecule has 13 heteroatoms. The number of aromatic nitrogens is 1. The maximum Gasteiger partial charge on any atom is 0.317 e. The number of benzene rings is 5. The van der Waals surface area contributed by atoms with Crippen LogP contribution < -0.4 is 20.9 Å². The fraction of sp³-hybridized carbons (Fsp3) is 0.333. The molecule has 0 saturated carbocycles. The van der Waals surface area contributed by atoms with Crippen molar-refractivity contribution >= 4 is 28.7 Å². The zero-order valence-electron chi connectivity index (χ0n) is 37.6. The Hall–Kier alpha value is -6.80. The van der Waals surface area contributed by atoms with Gasteiger partial charge in [0, 0.05) is 49.2 Å². The van der Waals surface area contributed by atoms with Crippen molar-refractivity contribution in [3.63, 3.8) is 0 Å². The van der Waals surface area contributed by atoms with Crippen LogP contribution in [0.3, 0.4) is 0 Å². The van der Waals surface area contributed by atoms with E-state index in [1.165, 1.54) is 17.7 Å². The van der Waals surface area contributed by atoms with E-state index in [-0.39, 0.29) is 48.3 Å². The number of phenols is 1. The number of hydrogen-bond donors (Lipinski definition) is 5. The number of aliphatic hydroxyl groups excluding tert-OH is 1. The van der Waals surface area contributed by atoms with Crippen molar-refractivity contribution in [3.05, 3.63) is 177 Å². The second-order valence-electron chi connectivity index (χ2n) is 17.6. The molecule has 2 amide bonds. The third-order valence-electron chi connectivity index (χ3n) is 12.9. The number of H-pyrrole nitrogens is 1. The van der Waals surface area contributed by atoms with Gasteiger partial charge in [0.1, 0.15) is 17.4 Å². The predicted molar refractivity (Wildman–Crippen MR) is 257 cm³/mol. The number of aromatic amines is 1. The van der Waals surface area contributed by atoms with E-state index >= 15 is 0 Å². The molecule has 5 N–H and O–H groups in total. The summed E-state index contributed by atoms with van der Waals surface area (Å²) in [7, 11) is 0. The van der Waals surface area contributed by atoms with E-state index in [1.807, 2.05) is 66.7 Å². The van der Waals surface area contributed by atoms with Gasteiger partial charge in [-0.05, 0) is 122 Å². The number of nitrogens with one attached hydrogen (secondary N) is 3. The fourth-order valence-electron chi connectivity index (χ4n) is 9.06.